The molecule has 0 spiro atoms. The lowest BCUT2D eigenvalue weighted by atomic mass is 10.0. The molecule has 0 saturated carbocycles. The molecule has 2 unspecified atom stereocenters. The number of methoxy groups -OCH3 is 1. The third-order valence-electron chi connectivity index (χ3n) is 5.52. The maximum atomic E-state index is 12.5. The zero-order valence-corrected chi connectivity index (χ0v) is 25.4. The lowest BCUT2D eigenvalue weighted by molar-refractivity contribution is -0.143. The van der Waals surface area contributed by atoms with E-state index in [0.717, 1.165) is 6.42 Å². The number of benzene rings is 1. The molecule has 12 heteroatoms. The Morgan fingerprint density at radius 2 is 1.34 bits per heavy atom. The van der Waals surface area contributed by atoms with Gasteiger partial charge in [-0.2, -0.15) is 0 Å². The van der Waals surface area contributed by atoms with Crippen molar-refractivity contribution < 1.29 is 52.3 Å². The molecule has 0 aromatic heterocycles. The molecule has 0 heterocycles. The van der Waals surface area contributed by atoms with E-state index >= 15 is 0 Å². The lowest BCUT2D eigenvalue weighted by Gasteiger charge is -2.20. The van der Waals surface area contributed by atoms with Gasteiger partial charge in [0.25, 0.3) is 0 Å². The largest absolute Gasteiger partial charge is 0.513 e. The van der Waals surface area contributed by atoms with E-state index in [2.05, 4.69) is 5.32 Å². The molecule has 0 saturated heterocycles. The van der Waals surface area contributed by atoms with Crippen LogP contribution in [0.25, 0.3) is 0 Å². The van der Waals surface area contributed by atoms with Crippen LogP contribution in [0.15, 0.2) is 18.2 Å². The fourth-order valence-electron chi connectivity index (χ4n) is 3.04. The number of hydrogen-bond donors (Lipinski definition) is 1. The first-order valence-corrected chi connectivity index (χ1v) is 13.8. The molecule has 0 bridgehead atoms. The van der Waals surface area contributed by atoms with Gasteiger partial charge in [-0.3, -0.25) is 4.79 Å². The Bertz CT molecular complexity index is 980. The van der Waals surface area contributed by atoms with Crippen molar-refractivity contribution >= 4 is 24.4 Å². The molecule has 0 amide bonds. The van der Waals surface area contributed by atoms with Crippen LogP contribution < -0.4 is 14.8 Å². The number of hydrogen-bond acceptors (Lipinski definition) is 12. The second kappa shape index (κ2) is 18.7. The van der Waals surface area contributed by atoms with Crippen LogP contribution in [0.2, 0.25) is 0 Å². The van der Waals surface area contributed by atoms with Gasteiger partial charge < -0.3 is 38.5 Å². The summed E-state index contributed by atoms with van der Waals surface area (Å²) >= 11 is 0. The summed E-state index contributed by atoms with van der Waals surface area (Å²) in [5.41, 5.74) is 0.545. The van der Waals surface area contributed by atoms with Crippen LogP contribution in [0.5, 0.6) is 11.5 Å². The van der Waals surface area contributed by atoms with Crippen molar-refractivity contribution in [3.8, 4) is 11.5 Å². The number of esters is 1. The van der Waals surface area contributed by atoms with Gasteiger partial charge in [-0.25, -0.2) is 14.4 Å². The van der Waals surface area contributed by atoms with Crippen molar-refractivity contribution in [3.63, 3.8) is 0 Å². The van der Waals surface area contributed by atoms with Gasteiger partial charge >= 0.3 is 24.4 Å². The molecule has 1 aromatic rings. The van der Waals surface area contributed by atoms with Crippen molar-refractivity contribution in [1.82, 2.24) is 5.32 Å². The number of nitrogens with one attached hydrogen (secondary N) is 1. The van der Waals surface area contributed by atoms with Crippen LogP contribution in [-0.2, 0) is 34.9 Å². The highest BCUT2D eigenvalue weighted by Crippen LogP contribution is 2.30. The van der Waals surface area contributed by atoms with Crippen molar-refractivity contribution in [1.29, 1.82) is 0 Å². The highest BCUT2D eigenvalue weighted by Gasteiger charge is 2.24. The third-order valence-corrected chi connectivity index (χ3v) is 5.52. The number of carbonyl (C=O) groups is 4. The minimum absolute atomic E-state index is 0.0653. The van der Waals surface area contributed by atoms with E-state index in [0.29, 0.717) is 5.56 Å². The summed E-state index contributed by atoms with van der Waals surface area (Å²) in [6.07, 6.45) is -2.36. The van der Waals surface area contributed by atoms with E-state index < -0.39 is 36.6 Å². The Hall–Kier alpha value is -3.54. The normalized spacial score (nSPS) is 13.1. The summed E-state index contributed by atoms with van der Waals surface area (Å²) in [7, 11) is 1.25. The summed E-state index contributed by atoms with van der Waals surface area (Å²) in [6.45, 7) is 13.8. The summed E-state index contributed by atoms with van der Waals surface area (Å²) in [6, 6.07) is 3.63. The lowest BCUT2D eigenvalue weighted by Crippen LogP contribution is -2.43. The summed E-state index contributed by atoms with van der Waals surface area (Å²) in [4.78, 5) is 48.8. The van der Waals surface area contributed by atoms with Gasteiger partial charge in [-0.15, -0.1) is 0 Å². The minimum Gasteiger partial charge on any atom is -0.468 e. The van der Waals surface area contributed by atoms with E-state index in [1.807, 2.05) is 41.5 Å². The Morgan fingerprint density at radius 1 is 0.780 bits per heavy atom. The van der Waals surface area contributed by atoms with Gasteiger partial charge in [0.2, 0.25) is 0 Å². The van der Waals surface area contributed by atoms with E-state index in [1.54, 1.807) is 13.0 Å². The zero-order chi connectivity index (χ0) is 30.9. The van der Waals surface area contributed by atoms with Crippen molar-refractivity contribution in [2.45, 2.75) is 73.5 Å². The smallest absolute Gasteiger partial charge is 0.468 e. The molecule has 0 aliphatic heterocycles. The maximum absolute atomic E-state index is 12.5. The highest BCUT2D eigenvalue weighted by molar-refractivity contribution is 5.76. The van der Waals surface area contributed by atoms with Crippen LogP contribution in [0.4, 0.5) is 14.4 Å². The fourth-order valence-corrected chi connectivity index (χ4v) is 3.04. The summed E-state index contributed by atoms with van der Waals surface area (Å²) in [5, 5.41) is 3.02. The average Bonchev–Trinajstić information content (AvgIpc) is 2.92. The second-order valence-electron chi connectivity index (χ2n) is 10.6. The summed E-state index contributed by atoms with van der Waals surface area (Å²) in [5.74, 6) is -0.332. The van der Waals surface area contributed by atoms with Crippen LogP contribution in [0, 0.1) is 17.8 Å². The number of rotatable bonds is 16. The van der Waals surface area contributed by atoms with E-state index in [4.69, 9.17) is 33.2 Å². The first-order valence-electron chi connectivity index (χ1n) is 13.8. The minimum atomic E-state index is -0.981. The molecule has 12 nitrogen and oxygen atoms in total. The standard InChI is InChI=1S/C29H45NO11/c1-9-20(6)17-38-27(32)39-21(7)14-30-23(26(31)35-8)12-22-10-11-24(40-28(33)36-15-18(2)3)25(13-22)41-29(34)37-16-19(4)5/h10-11,13,18-21,23,30H,9,12,14-17H2,1-8H3/t20?,21?,23-/m0/s1. The van der Waals surface area contributed by atoms with E-state index in [1.165, 1.54) is 19.2 Å². The molecule has 1 rings (SSSR count). The zero-order valence-electron chi connectivity index (χ0n) is 25.4. The predicted octanol–water partition coefficient (Wildman–Crippen LogP) is 5.29. The predicted molar refractivity (Wildman–Crippen MR) is 149 cm³/mol. The van der Waals surface area contributed by atoms with E-state index in [-0.39, 0.29) is 62.0 Å². The average molecular weight is 584 g/mol. The van der Waals surface area contributed by atoms with Crippen molar-refractivity contribution in [2.75, 3.05) is 33.5 Å². The van der Waals surface area contributed by atoms with Gasteiger partial charge in [-0.1, -0.05) is 54.0 Å². The van der Waals surface area contributed by atoms with Gasteiger partial charge in [0, 0.05) is 6.54 Å². The number of ether oxygens (including phenoxy) is 7. The Kier molecular flexibility index (Phi) is 16.2. The topological polar surface area (TPSA) is 145 Å². The SMILES string of the molecule is CCC(C)COC(=O)OC(C)CN[C@@H](Cc1ccc(OC(=O)OCC(C)C)c(OC(=O)OCC(C)C)c1)C(=O)OC. The molecule has 0 aliphatic carbocycles. The Labute approximate surface area is 242 Å². The first kappa shape index (κ1) is 35.5. The molecule has 41 heavy (non-hydrogen) atoms. The highest BCUT2D eigenvalue weighted by atomic mass is 16.7. The fraction of sp³-hybridized carbons (Fsp3) is 0.655. The Balaban J connectivity index is 2.99. The van der Waals surface area contributed by atoms with Crippen molar-refractivity contribution in [2.24, 2.45) is 17.8 Å². The van der Waals surface area contributed by atoms with Crippen LogP contribution in [0.3, 0.4) is 0 Å². The Morgan fingerprint density at radius 3 is 1.88 bits per heavy atom. The van der Waals surface area contributed by atoms with Gasteiger partial charge in [0.1, 0.15) is 12.1 Å². The molecule has 3 atom stereocenters. The molecular formula is C29H45NO11. The maximum Gasteiger partial charge on any atom is 0.513 e. The molecular weight excluding hydrogens is 538 g/mol. The van der Waals surface area contributed by atoms with Crippen LogP contribution in [-0.4, -0.2) is 70.1 Å². The molecule has 1 aromatic carbocycles. The molecule has 1 N–H and O–H groups in total. The quantitative estimate of drug-likeness (QED) is 0.153. The van der Waals surface area contributed by atoms with Crippen LogP contribution in [0.1, 0.15) is 60.5 Å². The number of carbonyl (C=O) groups excluding carboxylic acids is 4. The molecule has 0 radical (unpaired) electrons. The summed E-state index contributed by atoms with van der Waals surface area (Å²) < 4.78 is 36.0. The molecule has 232 valence electrons. The van der Waals surface area contributed by atoms with Gasteiger partial charge in [0.05, 0.1) is 26.9 Å². The van der Waals surface area contributed by atoms with Gasteiger partial charge in [0.15, 0.2) is 11.5 Å². The molecule has 0 aliphatic rings. The monoisotopic (exact) mass is 583 g/mol. The first-order chi connectivity index (χ1) is 19.3. The van der Waals surface area contributed by atoms with Crippen LogP contribution >= 0.6 is 0 Å². The van der Waals surface area contributed by atoms with Gasteiger partial charge in [-0.05, 0) is 48.8 Å². The third kappa shape index (κ3) is 15.1. The van der Waals surface area contributed by atoms with E-state index in [9.17, 15) is 19.2 Å². The second-order valence-corrected chi connectivity index (χ2v) is 10.6. The van der Waals surface area contributed by atoms with Crippen molar-refractivity contribution in [3.05, 3.63) is 23.8 Å². The molecule has 0 fully saturated rings.